The predicted octanol–water partition coefficient (Wildman–Crippen LogP) is -0.126. The SMILES string of the molecule is [O]CCN1CCC[C@@H]1CO. The summed E-state index contributed by atoms with van der Waals surface area (Å²) in [6, 6.07) is 0.272. The average molecular weight is 144 g/mol. The van der Waals surface area contributed by atoms with Gasteiger partial charge in [0, 0.05) is 12.6 Å². The van der Waals surface area contributed by atoms with Crippen molar-refractivity contribution in [1.29, 1.82) is 0 Å². The second-order valence-corrected chi connectivity index (χ2v) is 2.72. The zero-order valence-corrected chi connectivity index (χ0v) is 6.12. The molecule has 1 atom stereocenters. The molecule has 3 heteroatoms. The van der Waals surface area contributed by atoms with Crippen molar-refractivity contribution in [2.75, 3.05) is 26.3 Å². The smallest absolute Gasteiger partial charge is 0.0949 e. The largest absolute Gasteiger partial charge is 0.395 e. The van der Waals surface area contributed by atoms with Gasteiger partial charge >= 0.3 is 0 Å². The van der Waals surface area contributed by atoms with Crippen LogP contribution in [-0.4, -0.2) is 42.4 Å². The van der Waals surface area contributed by atoms with E-state index < -0.39 is 0 Å². The van der Waals surface area contributed by atoms with E-state index in [2.05, 4.69) is 4.90 Å². The molecule has 1 heterocycles. The maximum atomic E-state index is 10.2. The van der Waals surface area contributed by atoms with Gasteiger partial charge in [0.05, 0.1) is 13.2 Å². The van der Waals surface area contributed by atoms with E-state index in [0.29, 0.717) is 6.54 Å². The Balaban J connectivity index is 2.27. The van der Waals surface area contributed by atoms with Gasteiger partial charge in [0.25, 0.3) is 0 Å². The van der Waals surface area contributed by atoms with Gasteiger partial charge in [0.2, 0.25) is 0 Å². The molecule has 0 aromatic heterocycles. The first kappa shape index (κ1) is 7.98. The van der Waals surface area contributed by atoms with Crippen molar-refractivity contribution in [1.82, 2.24) is 4.90 Å². The maximum Gasteiger partial charge on any atom is 0.0949 e. The molecule has 1 N–H and O–H groups in total. The summed E-state index contributed by atoms with van der Waals surface area (Å²) in [4.78, 5) is 2.08. The number of rotatable bonds is 3. The summed E-state index contributed by atoms with van der Waals surface area (Å²) < 4.78 is 0. The summed E-state index contributed by atoms with van der Waals surface area (Å²) in [5.74, 6) is 0. The van der Waals surface area contributed by atoms with Crippen LogP contribution < -0.4 is 0 Å². The quantitative estimate of drug-likeness (QED) is 0.599. The fourth-order valence-corrected chi connectivity index (χ4v) is 1.51. The van der Waals surface area contributed by atoms with Gasteiger partial charge in [0.15, 0.2) is 0 Å². The predicted molar refractivity (Wildman–Crippen MR) is 37.2 cm³/mol. The Labute approximate surface area is 61.3 Å². The minimum Gasteiger partial charge on any atom is -0.395 e. The summed E-state index contributed by atoms with van der Waals surface area (Å²) in [6.45, 7) is 1.76. The molecule has 0 unspecified atom stereocenters. The van der Waals surface area contributed by atoms with Crippen LogP contribution in [0.4, 0.5) is 0 Å². The zero-order chi connectivity index (χ0) is 7.40. The van der Waals surface area contributed by atoms with E-state index in [1.165, 1.54) is 0 Å². The van der Waals surface area contributed by atoms with Crippen molar-refractivity contribution < 1.29 is 10.2 Å². The maximum absolute atomic E-state index is 10.2. The molecule has 1 saturated heterocycles. The van der Waals surface area contributed by atoms with E-state index in [4.69, 9.17) is 5.11 Å². The molecule has 1 radical (unpaired) electrons. The van der Waals surface area contributed by atoms with Crippen LogP contribution in [0.1, 0.15) is 12.8 Å². The zero-order valence-electron chi connectivity index (χ0n) is 6.12. The molecule has 0 spiro atoms. The van der Waals surface area contributed by atoms with Crippen molar-refractivity contribution in [3.63, 3.8) is 0 Å². The third-order valence-electron chi connectivity index (χ3n) is 2.09. The highest BCUT2D eigenvalue weighted by atomic mass is 16.3. The van der Waals surface area contributed by atoms with E-state index in [0.717, 1.165) is 19.4 Å². The highest BCUT2D eigenvalue weighted by Crippen LogP contribution is 2.15. The number of hydrogen-bond donors (Lipinski definition) is 1. The lowest BCUT2D eigenvalue weighted by Crippen LogP contribution is -2.34. The standard InChI is InChI=1S/C7H14NO2/c9-5-4-8-3-1-2-7(8)6-10/h7,10H,1-6H2/t7-/m1/s1. The fourth-order valence-electron chi connectivity index (χ4n) is 1.51. The second-order valence-electron chi connectivity index (χ2n) is 2.72. The third kappa shape index (κ3) is 1.68. The van der Waals surface area contributed by atoms with Crippen LogP contribution in [-0.2, 0) is 5.11 Å². The van der Waals surface area contributed by atoms with E-state index >= 15 is 0 Å². The summed E-state index contributed by atoms with van der Waals surface area (Å²) in [5, 5.41) is 19.0. The van der Waals surface area contributed by atoms with Crippen LogP contribution >= 0.6 is 0 Å². The minimum absolute atomic E-state index is 0.0451. The van der Waals surface area contributed by atoms with Crippen molar-refractivity contribution in [2.45, 2.75) is 18.9 Å². The molecule has 0 amide bonds. The van der Waals surface area contributed by atoms with Crippen LogP contribution in [0.15, 0.2) is 0 Å². The molecule has 1 aliphatic heterocycles. The molecule has 0 aliphatic carbocycles. The first-order chi connectivity index (χ1) is 4.88. The lowest BCUT2D eigenvalue weighted by molar-refractivity contribution is 0.107. The topological polar surface area (TPSA) is 43.4 Å². The van der Waals surface area contributed by atoms with Gasteiger partial charge in [0.1, 0.15) is 0 Å². The van der Waals surface area contributed by atoms with Crippen LogP contribution in [0, 0.1) is 0 Å². The highest BCUT2D eigenvalue weighted by Gasteiger charge is 2.22. The third-order valence-corrected chi connectivity index (χ3v) is 2.09. The van der Waals surface area contributed by atoms with E-state index in [9.17, 15) is 5.11 Å². The monoisotopic (exact) mass is 144 g/mol. The van der Waals surface area contributed by atoms with Crippen LogP contribution in [0.25, 0.3) is 0 Å². The van der Waals surface area contributed by atoms with Crippen LogP contribution in [0.5, 0.6) is 0 Å². The lowest BCUT2D eigenvalue weighted by Gasteiger charge is -2.20. The summed E-state index contributed by atoms with van der Waals surface area (Å²) in [7, 11) is 0. The van der Waals surface area contributed by atoms with Crippen molar-refractivity contribution in [2.24, 2.45) is 0 Å². The van der Waals surface area contributed by atoms with E-state index in [1.54, 1.807) is 0 Å². The summed E-state index contributed by atoms with van der Waals surface area (Å²) >= 11 is 0. The molecule has 10 heavy (non-hydrogen) atoms. The van der Waals surface area contributed by atoms with Crippen LogP contribution in [0.2, 0.25) is 0 Å². The van der Waals surface area contributed by atoms with Gasteiger partial charge in [-0.2, -0.15) is 0 Å². The Kier molecular flexibility index (Phi) is 3.12. The molecular formula is C7H14NO2. The molecule has 1 aliphatic rings. The fraction of sp³-hybridized carbons (Fsp3) is 1.00. The Hall–Kier alpha value is -0.120. The van der Waals surface area contributed by atoms with Gasteiger partial charge in [-0.25, -0.2) is 5.11 Å². The summed E-state index contributed by atoms with van der Waals surface area (Å²) in [6.07, 6.45) is 2.18. The van der Waals surface area contributed by atoms with Gasteiger partial charge in [-0.1, -0.05) is 0 Å². The molecule has 1 rings (SSSR count). The summed E-state index contributed by atoms with van der Waals surface area (Å²) in [5.41, 5.74) is 0. The minimum atomic E-state index is -0.0451. The first-order valence-corrected chi connectivity index (χ1v) is 3.81. The second kappa shape index (κ2) is 3.91. The highest BCUT2D eigenvalue weighted by molar-refractivity contribution is 4.77. The molecule has 0 bridgehead atoms. The number of nitrogens with zero attached hydrogens (tertiary/aromatic N) is 1. The lowest BCUT2D eigenvalue weighted by atomic mass is 10.2. The number of hydrogen-bond acceptors (Lipinski definition) is 2. The molecule has 3 nitrogen and oxygen atoms in total. The van der Waals surface area contributed by atoms with Crippen LogP contribution in [0.3, 0.4) is 0 Å². The Morgan fingerprint density at radius 3 is 3.00 bits per heavy atom. The molecular weight excluding hydrogens is 130 g/mol. The van der Waals surface area contributed by atoms with Gasteiger partial charge in [-0.05, 0) is 19.4 Å². The van der Waals surface area contributed by atoms with Crippen molar-refractivity contribution >= 4 is 0 Å². The molecule has 59 valence electrons. The van der Waals surface area contributed by atoms with E-state index in [-0.39, 0.29) is 19.3 Å². The van der Waals surface area contributed by atoms with Gasteiger partial charge in [-0.3, -0.25) is 4.90 Å². The van der Waals surface area contributed by atoms with Crippen molar-refractivity contribution in [3.05, 3.63) is 0 Å². The Bertz CT molecular complexity index is 97.6. The van der Waals surface area contributed by atoms with Gasteiger partial charge in [-0.15, -0.1) is 0 Å². The van der Waals surface area contributed by atoms with Crippen molar-refractivity contribution in [3.8, 4) is 0 Å². The first-order valence-electron chi connectivity index (χ1n) is 3.81. The van der Waals surface area contributed by atoms with Gasteiger partial charge < -0.3 is 5.11 Å². The Morgan fingerprint density at radius 1 is 1.60 bits per heavy atom. The number of aliphatic hydroxyl groups is 1. The molecule has 0 aromatic carbocycles. The average Bonchev–Trinajstić information content (AvgIpc) is 2.36. The molecule has 0 aromatic rings. The normalized spacial score (nSPS) is 27.6. The molecule has 1 fully saturated rings. The number of aliphatic hydroxyl groups excluding tert-OH is 1. The number of likely N-dealkylation sites (tertiary alicyclic amines) is 1. The Morgan fingerprint density at radius 2 is 2.40 bits per heavy atom. The molecule has 0 saturated carbocycles. The van der Waals surface area contributed by atoms with E-state index in [1.807, 2.05) is 0 Å².